The van der Waals surface area contributed by atoms with Crippen LogP contribution in [0.15, 0.2) is 71.3 Å². The van der Waals surface area contributed by atoms with Gasteiger partial charge >= 0.3 is 0 Å². The second-order valence-corrected chi connectivity index (χ2v) is 8.28. The monoisotopic (exact) mass is 455 g/mol. The quantitative estimate of drug-likeness (QED) is 0.291. The van der Waals surface area contributed by atoms with Gasteiger partial charge in [0.25, 0.3) is 5.69 Å². The summed E-state index contributed by atoms with van der Waals surface area (Å²) in [5, 5.41) is 20.7. The van der Waals surface area contributed by atoms with Crippen molar-refractivity contribution >= 4 is 28.2 Å². The number of nitro benzene ring substituents is 1. The predicted molar refractivity (Wildman–Crippen MR) is 127 cm³/mol. The van der Waals surface area contributed by atoms with Crippen molar-refractivity contribution in [3.63, 3.8) is 0 Å². The van der Waals surface area contributed by atoms with E-state index in [1.54, 1.807) is 18.4 Å². The number of piperazine rings is 1. The number of anilines is 1. The van der Waals surface area contributed by atoms with Crippen molar-refractivity contribution in [2.45, 2.75) is 6.54 Å². The third-order valence-electron chi connectivity index (χ3n) is 6.18. The lowest BCUT2D eigenvalue weighted by Gasteiger charge is -2.35. The summed E-state index contributed by atoms with van der Waals surface area (Å²) in [6.07, 6.45) is 1.63. The second kappa shape index (κ2) is 8.23. The highest BCUT2D eigenvalue weighted by atomic mass is 16.6. The zero-order valence-electron chi connectivity index (χ0n) is 18.2. The summed E-state index contributed by atoms with van der Waals surface area (Å²) in [5.74, 6) is 2.06. The number of nitro groups is 1. The molecule has 10 heteroatoms. The molecular weight excluding hydrogens is 434 g/mol. The Bertz CT molecular complexity index is 1470. The molecule has 0 radical (unpaired) electrons. The van der Waals surface area contributed by atoms with E-state index in [1.165, 1.54) is 0 Å². The lowest BCUT2D eigenvalue weighted by molar-refractivity contribution is -0.384. The fraction of sp³-hybridized carbons (Fsp3) is 0.208. The fourth-order valence-electron chi connectivity index (χ4n) is 4.43. The van der Waals surface area contributed by atoms with Crippen LogP contribution in [0.3, 0.4) is 0 Å². The van der Waals surface area contributed by atoms with Gasteiger partial charge in [0.1, 0.15) is 0 Å². The Morgan fingerprint density at radius 1 is 0.941 bits per heavy atom. The molecule has 5 aromatic rings. The van der Waals surface area contributed by atoms with Crippen molar-refractivity contribution in [3.05, 3.63) is 82.6 Å². The molecule has 0 bridgehead atoms. The molecule has 0 atom stereocenters. The zero-order chi connectivity index (χ0) is 23.1. The number of benzene rings is 2. The number of nitrogens with zero attached hydrogens (tertiary/aromatic N) is 7. The molecule has 0 amide bonds. The summed E-state index contributed by atoms with van der Waals surface area (Å²) in [4.78, 5) is 20.1. The van der Waals surface area contributed by atoms with E-state index in [2.05, 4.69) is 20.0 Å². The molecule has 0 N–H and O–H groups in total. The highest BCUT2D eigenvalue weighted by Crippen LogP contribution is 2.29. The van der Waals surface area contributed by atoms with Gasteiger partial charge in [-0.1, -0.05) is 24.3 Å². The molecule has 1 saturated heterocycles. The van der Waals surface area contributed by atoms with Crippen LogP contribution in [-0.2, 0) is 6.54 Å². The third-order valence-corrected chi connectivity index (χ3v) is 6.18. The van der Waals surface area contributed by atoms with Gasteiger partial charge in [0, 0.05) is 50.2 Å². The Labute approximate surface area is 194 Å². The van der Waals surface area contributed by atoms with Crippen molar-refractivity contribution in [1.82, 2.24) is 24.5 Å². The maximum atomic E-state index is 10.9. The van der Waals surface area contributed by atoms with Crippen LogP contribution in [0.2, 0.25) is 0 Å². The lowest BCUT2D eigenvalue weighted by atomic mass is 10.2. The fourth-order valence-corrected chi connectivity index (χ4v) is 4.43. The van der Waals surface area contributed by atoms with E-state index in [1.807, 2.05) is 52.9 Å². The summed E-state index contributed by atoms with van der Waals surface area (Å²) >= 11 is 0. The molecule has 1 aliphatic rings. The minimum absolute atomic E-state index is 0.112. The molecule has 0 unspecified atom stereocenters. The first kappa shape index (κ1) is 20.3. The van der Waals surface area contributed by atoms with Gasteiger partial charge in [-0.2, -0.15) is 0 Å². The average molecular weight is 455 g/mol. The van der Waals surface area contributed by atoms with Gasteiger partial charge in [-0.05, 0) is 29.8 Å². The van der Waals surface area contributed by atoms with Gasteiger partial charge in [-0.25, -0.2) is 9.38 Å². The smallest absolute Gasteiger partial charge is 0.269 e. The summed E-state index contributed by atoms with van der Waals surface area (Å²) in [6.45, 7) is 3.99. The molecule has 170 valence electrons. The molecule has 3 aromatic heterocycles. The van der Waals surface area contributed by atoms with Crippen LogP contribution in [0.4, 0.5) is 11.6 Å². The second-order valence-electron chi connectivity index (χ2n) is 8.28. The number of fused-ring (bicyclic) bond motifs is 3. The van der Waals surface area contributed by atoms with Crippen LogP contribution in [-0.4, -0.2) is 55.6 Å². The van der Waals surface area contributed by atoms with E-state index in [4.69, 9.17) is 9.40 Å². The van der Waals surface area contributed by atoms with Crippen molar-refractivity contribution in [3.8, 4) is 11.6 Å². The van der Waals surface area contributed by atoms with E-state index in [0.717, 1.165) is 60.8 Å². The number of non-ortho nitro benzene ring substituents is 1. The van der Waals surface area contributed by atoms with Crippen LogP contribution in [0, 0.1) is 10.1 Å². The number of furan rings is 1. The van der Waals surface area contributed by atoms with Crippen molar-refractivity contribution < 1.29 is 9.34 Å². The van der Waals surface area contributed by atoms with Crippen LogP contribution < -0.4 is 4.90 Å². The Kier molecular flexibility index (Phi) is 4.92. The first-order valence-electron chi connectivity index (χ1n) is 11.1. The molecule has 0 spiro atoms. The van der Waals surface area contributed by atoms with E-state index >= 15 is 0 Å². The molecule has 34 heavy (non-hydrogen) atoms. The summed E-state index contributed by atoms with van der Waals surface area (Å²) in [6, 6.07) is 18.4. The van der Waals surface area contributed by atoms with E-state index in [9.17, 15) is 10.1 Å². The first-order chi connectivity index (χ1) is 16.7. The molecule has 0 saturated carbocycles. The Morgan fingerprint density at radius 3 is 2.47 bits per heavy atom. The van der Waals surface area contributed by atoms with E-state index < -0.39 is 0 Å². The highest BCUT2D eigenvalue weighted by Gasteiger charge is 2.24. The van der Waals surface area contributed by atoms with E-state index in [0.29, 0.717) is 11.6 Å². The van der Waals surface area contributed by atoms with Gasteiger partial charge in [-0.15, -0.1) is 10.2 Å². The van der Waals surface area contributed by atoms with Crippen molar-refractivity contribution in [2.75, 3.05) is 31.1 Å². The third kappa shape index (κ3) is 3.54. The highest BCUT2D eigenvalue weighted by molar-refractivity contribution is 5.93. The summed E-state index contributed by atoms with van der Waals surface area (Å²) in [7, 11) is 0. The van der Waals surface area contributed by atoms with Crippen LogP contribution in [0.1, 0.15) is 5.56 Å². The molecule has 0 aliphatic carbocycles. The number of hydrogen-bond acceptors (Lipinski definition) is 8. The minimum Gasteiger partial charge on any atom is -0.461 e. The number of aromatic nitrogens is 4. The van der Waals surface area contributed by atoms with E-state index in [-0.39, 0.29) is 10.6 Å². The standard InChI is InChI=1S/C24H21N7O3/c32-31(33)18-9-7-17(8-10-18)16-28-11-13-29(14-12-28)24-25-20-5-2-1-4-19(20)22-26-27-23(30(22)24)21-6-3-15-34-21/h1-10,15H,11-14,16H2. The molecule has 4 heterocycles. The topological polar surface area (TPSA) is 106 Å². The van der Waals surface area contributed by atoms with Crippen LogP contribution >= 0.6 is 0 Å². The number of para-hydroxylation sites is 1. The minimum atomic E-state index is -0.373. The summed E-state index contributed by atoms with van der Waals surface area (Å²) in [5.41, 5.74) is 2.79. The van der Waals surface area contributed by atoms with Gasteiger partial charge in [0.05, 0.1) is 16.7 Å². The van der Waals surface area contributed by atoms with Crippen molar-refractivity contribution in [2.24, 2.45) is 0 Å². The van der Waals surface area contributed by atoms with Gasteiger partial charge < -0.3 is 9.32 Å². The average Bonchev–Trinajstić information content (AvgIpc) is 3.55. The van der Waals surface area contributed by atoms with Crippen molar-refractivity contribution in [1.29, 1.82) is 0 Å². The molecular formula is C24H21N7O3. The molecule has 10 nitrogen and oxygen atoms in total. The Morgan fingerprint density at radius 2 is 1.74 bits per heavy atom. The Balaban J connectivity index is 1.29. The maximum Gasteiger partial charge on any atom is 0.269 e. The number of rotatable bonds is 5. The SMILES string of the molecule is O=[N+]([O-])c1ccc(CN2CCN(c3nc4ccccc4c4nnc(-c5ccco5)n34)CC2)cc1. The molecule has 1 fully saturated rings. The first-order valence-corrected chi connectivity index (χ1v) is 11.1. The summed E-state index contributed by atoms with van der Waals surface area (Å²) < 4.78 is 7.61. The number of hydrogen-bond donors (Lipinski definition) is 0. The van der Waals surface area contributed by atoms with Crippen LogP contribution in [0.5, 0.6) is 0 Å². The van der Waals surface area contributed by atoms with Gasteiger partial charge in [0.15, 0.2) is 11.4 Å². The van der Waals surface area contributed by atoms with Gasteiger partial charge in [-0.3, -0.25) is 15.0 Å². The normalized spacial score (nSPS) is 14.8. The predicted octanol–water partition coefficient (Wildman–Crippen LogP) is 3.77. The Hall–Kier alpha value is -4.31. The van der Waals surface area contributed by atoms with Crippen LogP contribution in [0.25, 0.3) is 28.1 Å². The zero-order valence-corrected chi connectivity index (χ0v) is 18.2. The van der Waals surface area contributed by atoms with Gasteiger partial charge in [0.2, 0.25) is 11.8 Å². The molecule has 2 aromatic carbocycles. The largest absolute Gasteiger partial charge is 0.461 e. The molecule has 1 aliphatic heterocycles. The maximum absolute atomic E-state index is 10.9. The molecule has 6 rings (SSSR count). The lowest BCUT2D eigenvalue weighted by Crippen LogP contribution is -2.46.